The predicted octanol–water partition coefficient (Wildman–Crippen LogP) is 3.61. The lowest BCUT2D eigenvalue weighted by molar-refractivity contribution is -0.141. The first kappa shape index (κ1) is 18.1. The number of hydrogen-bond acceptors (Lipinski definition) is 5. The molecule has 4 nitrogen and oxygen atoms in total. The van der Waals surface area contributed by atoms with Gasteiger partial charge in [0.15, 0.2) is 0 Å². The number of methoxy groups -OCH3 is 1. The molecule has 0 saturated carbocycles. The van der Waals surface area contributed by atoms with Crippen molar-refractivity contribution in [2.75, 3.05) is 20.2 Å². The van der Waals surface area contributed by atoms with E-state index in [0.717, 1.165) is 32.5 Å². The van der Waals surface area contributed by atoms with Gasteiger partial charge >= 0.3 is 5.97 Å². The van der Waals surface area contributed by atoms with Crippen LogP contribution in [0.15, 0.2) is 47.8 Å². The van der Waals surface area contributed by atoms with Crippen molar-refractivity contribution in [3.63, 3.8) is 0 Å². The Hall–Kier alpha value is -1.69. The number of likely N-dealkylation sites (tertiary alicyclic amines) is 1. The van der Waals surface area contributed by atoms with Gasteiger partial charge in [-0.15, -0.1) is 11.3 Å². The summed E-state index contributed by atoms with van der Waals surface area (Å²) in [5.74, 6) is -0.160. The van der Waals surface area contributed by atoms with E-state index in [0.29, 0.717) is 12.5 Å². The molecule has 2 aromatic rings. The number of carbonyl (C=O) groups excluding carboxylic acids is 1. The average Bonchev–Trinajstić information content (AvgIpc) is 3.18. The summed E-state index contributed by atoms with van der Waals surface area (Å²) in [6, 6.07) is 15.3. The Morgan fingerprint density at radius 3 is 2.64 bits per heavy atom. The van der Waals surface area contributed by atoms with Crippen LogP contribution < -0.4 is 5.32 Å². The number of nitrogens with zero attached hydrogens (tertiary/aromatic N) is 1. The highest BCUT2D eigenvalue weighted by atomic mass is 32.1. The highest BCUT2D eigenvalue weighted by molar-refractivity contribution is 7.10. The van der Waals surface area contributed by atoms with Crippen LogP contribution in [0.4, 0.5) is 0 Å². The van der Waals surface area contributed by atoms with E-state index in [1.54, 1.807) is 11.3 Å². The van der Waals surface area contributed by atoms with Crippen molar-refractivity contribution in [2.24, 2.45) is 0 Å². The van der Waals surface area contributed by atoms with Crippen LogP contribution >= 0.6 is 11.3 Å². The third-order valence-electron chi connectivity index (χ3n) is 4.76. The fraction of sp³-hybridized carbons (Fsp3) is 0.450. The lowest BCUT2D eigenvalue weighted by Gasteiger charge is -2.34. The van der Waals surface area contributed by atoms with Crippen molar-refractivity contribution in [3.05, 3.63) is 58.3 Å². The van der Waals surface area contributed by atoms with Gasteiger partial charge in [0.05, 0.1) is 19.6 Å². The Bertz CT molecular complexity index is 637. The van der Waals surface area contributed by atoms with E-state index in [-0.39, 0.29) is 12.0 Å². The number of rotatable bonds is 7. The molecule has 1 fully saturated rings. The molecule has 2 heterocycles. The number of ether oxygens (including phenoxy) is 1. The SMILES string of the molecule is COC(=O)CC(NC1CCN(Cc2ccccc2)CC1)c1cccs1. The number of thiophene rings is 1. The topological polar surface area (TPSA) is 41.6 Å². The molecule has 5 heteroatoms. The molecule has 1 aliphatic heterocycles. The van der Waals surface area contributed by atoms with Gasteiger partial charge in [-0.2, -0.15) is 0 Å². The first-order valence-corrected chi connectivity index (χ1v) is 9.75. The first-order chi connectivity index (χ1) is 12.2. The normalized spacial score (nSPS) is 17.3. The van der Waals surface area contributed by atoms with Gasteiger partial charge in [0.1, 0.15) is 0 Å². The Kier molecular flexibility index (Phi) is 6.62. The van der Waals surface area contributed by atoms with Crippen molar-refractivity contribution in [1.29, 1.82) is 0 Å². The molecule has 0 radical (unpaired) electrons. The lowest BCUT2D eigenvalue weighted by atomic mass is 10.0. The summed E-state index contributed by atoms with van der Waals surface area (Å²) in [5, 5.41) is 5.75. The van der Waals surface area contributed by atoms with E-state index >= 15 is 0 Å². The first-order valence-electron chi connectivity index (χ1n) is 8.87. The molecule has 1 atom stereocenters. The van der Waals surface area contributed by atoms with Crippen LogP contribution in [0, 0.1) is 0 Å². The number of piperidine rings is 1. The van der Waals surface area contributed by atoms with Crippen LogP contribution in [0.25, 0.3) is 0 Å². The summed E-state index contributed by atoms with van der Waals surface area (Å²) in [6.07, 6.45) is 2.60. The maximum absolute atomic E-state index is 11.7. The standard InChI is InChI=1S/C20H26N2O2S/c1-24-20(23)14-18(19-8-5-13-25-19)21-17-9-11-22(12-10-17)15-16-6-3-2-4-7-16/h2-8,13,17-18,21H,9-12,14-15H2,1H3. The summed E-state index contributed by atoms with van der Waals surface area (Å²) < 4.78 is 4.87. The van der Waals surface area contributed by atoms with Crippen LogP contribution in [0.1, 0.15) is 35.7 Å². The van der Waals surface area contributed by atoms with Crippen LogP contribution in [-0.2, 0) is 16.1 Å². The average molecular weight is 359 g/mol. The second-order valence-corrected chi connectivity index (χ2v) is 7.53. The van der Waals surface area contributed by atoms with Gasteiger partial charge in [-0.1, -0.05) is 36.4 Å². The van der Waals surface area contributed by atoms with Gasteiger partial charge < -0.3 is 10.1 Å². The monoisotopic (exact) mass is 358 g/mol. The largest absolute Gasteiger partial charge is 0.469 e. The molecule has 0 amide bonds. The zero-order valence-electron chi connectivity index (χ0n) is 14.7. The van der Waals surface area contributed by atoms with E-state index in [2.05, 4.69) is 52.0 Å². The minimum absolute atomic E-state index is 0.0538. The molecule has 134 valence electrons. The molecule has 1 saturated heterocycles. The van der Waals surface area contributed by atoms with E-state index in [9.17, 15) is 4.79 Å². The second-order valence-electron chi connectivity index (χ2n) is 6.55. The van der Waals surface area contributed by atoms with Crippen molar-refractivity contribution in [3.8, 4) is 0 Å². The molecular formula is C20H26N2O2S. The van der Waals surface area contributed by atoms with Crippen LogP contribution in [0.5, 0.6) is 0 Å². The van der Waals surface area contributed by atoms with Gasteiger partial charge in [-0.3, -0.25) is 9.69 Å². The van der Waals surface area contributed by atoms with Crippen molar-refractivity contribution < 1.29 is 9.53 Å². The Balaban J connectivity index is 1.51. The molecule has 0 bridgehead atoms. The molecule has 25 heavy (non-hydrogen) atoms. The van der Waals surface area contributed by atoms with E-state index in [4.69, 9.17) is 4.74 Å². The third-order valence-corrected chi connectivity index (χ3v) is 5.74. The summed E-state index contributed by atoms with van der Waals surface area (Å²) in [7, 11) is 1.45. The Morgan fingerprint density at radius 2 is 2.00 bits per heavy atom. The van der Waals surface area contributed by atoms with E-state index < -0.39 is 0 Å². The highest BCUT2D eigenvalue weighted by Crippen LogP contribution is 2.25. The van der Waals surface area contributed by atoms with Gasteiger partial charge in [-0.05, 0) is 42.9 Å². The van der Waals surface area contributed by atoms with Crippen molar-refractivity contribution >= 4 is 17.3 Å². The number of carbonyl (C=O) groups is 1. The van der Waals surface area contributed by atoms with E-state index in [1.165, 1.54) is 17.6 Å². The fourth-order valence-electron chi connectivity index (χ4n) is 3.37. The van der Waals surface area contributed by atoms with Crippen molar-refractivity contribution in [1.82, 2.24) is 10.2 Å². The molecule has 1 unspecified atom stereocenters. The van der Waals surface area contributed by atoms with Gasteiger partial charge in [0, 0.05) is 17.5 Å². The summed E-state index contributed by atoms with van der Waals surface area (Å²) in [4.78, 5) is 15.5. The van der Waals surface area contributed by atoms with Crippen molar-refractivity contribution in [2.45, 2.75) is 37.9 Å². The Labute approximate surface area is 153 Å². The zero-order valence-corrected chi connectivity index (χ0v) is 15.5. The van der Waals surface area contributed by atoms with E-state index in [1.807, 2.05) is 6.07 Å². The van der Waals surface area contributed by atoms with Gasteiger partial charge in [0.25, 0.3) is 0 Å². The molecule has 1 aliphatic rings. The summed E-state index contributed by atoms with van der Waals surface area (Å²) >= 11 is 1.69. The maximum Gasteiger partial charge on any atom is 0.307 e. The van der Waals surface area contributed by atoms with Gasteiger partial charge in [-0.25, -0.2) is 0 Å². The summed E-state index contributed by atoms with van der Waals surface area (Å²) in [6.45, 7) is 3.19. The molecular weight excluding hydrogens is 332 g/mol. The highest BCUT2D eigenvalue weighted by Gasteiger charge is 2.24. The van der Waals surface area contributed by atoms with Gasteiger partial charge in [0.2, 0.25) is 0 Å². The van der Waals surface area contributed by atoms with Crippen LogP contribution in [0.3, 0.4) is 0 Å². The smallest absolute Gasteiger partial charge is 0.307 e. The summed E-state index contributed by atoms with van der Waals surface area (Å²) in [5.41, 5.74) is 1.37. The molecule has 1 N–H and O–H groups in total. The zero-order chi connectivity index (χ0) is 17.5. The van der Waals surface area contributed by atoms with Crippen LogP contribution in [0.2, 0.25) is 0 Å². The maximum atomic E-state index is 11.7. The lowest BCUT2D eigenvalue weighted by Crippen LogP contribution is -2.43. The number of nitrogens with one attached hydrogen (secondary N) is 1. The number of esters is 1. The fourth-order valence-corrected chi connectivity index (χ4v) is 4.15. The minimum Gasteiger partial charge on any atom is -0.469 e. The number of benzene rings is 1. The molecule has 0 spiro atoms. The predicted molar refractivity (Wildman–Crippen MR) is 102 cm³/mol. The molecule has 1 aromatic heterocycles. The molecule has 3 rings (SSSR count). The minimum atomic E-state index is -0.160. The second kappa shape index (κ2) is 9.13. The number of hydrogen-bond donors (Lipinski definition) is 1. The molecule has 0 aliphatic carbocycles. The Morgan fingerprint density at radius 1 is 1.24 bits per heavy atom. The molecule has 1 aromatic carbocycles. The van der Waals surface area contributed by atoms with Crippen LogP contribution in [-0.4, -0.2) is 37.1 Å². The quantitative estimate of drug-likeness (QED) is 0.768. The third kappa shape index (κ3) is 5.39.